The maximum absolute atomic E-state index is 11.6. The molecule has 0 N–H and O–H groups in total. The van der Waals surface area contributed by atoms with Gasteiger partial charge in [-0.1, -0.05) is 0 Å². The van der Waals surface area contributed by atoms with Crippen LogP contribution < -0.4 is 0 Å². The van der Waals surface area contributed by atoms with Gasteiger partial charge in [-0.25, -0.2) is 9.00 Å². The molecule has 4 nitrogen and oxygen atoms in total. The summed E-state index contributed by atoms with van der Waals surface area (Å²) in [6.07, 6.45) is 2.92. The lowest BCUT2D eigenvalue weighted by Gasteiger charge is -2.28. The van der Waals surface area contributed by atoms with Gasteiger partial charge in [-0.05, 0) is 27.7 Å². The number of amides is 2. The quantitative estimate of drug-likeness (QED) is 0.714. The molecule has 0 unspecified atom stereocenters. The lowest BCUT2D eigenvalue weighted by atomic mass is 10.2. The predicted octanol–water partition coefficient (Wildman–Crippen LogP) is 1.95. The molecule has 0 aromatic rings. The van der Waals surface area contributed by atoms with Crippen LogP contribution in [-0.2, 0) is 9.73 Å². The number of urea groups is 1. The zero-order chi connectivity index (χ0) is 11.5. The van der Waals surface area contributed by atoms with E-state index in [2.05, 4.69) is 4.36 Å². The fourth-order valence-electron chi connectivity index (χ4n) is 1.27. The first-order valence-corrected chi connectivity index (χ1v) is 6.97. The van der Waals surface area contributed by atoms with E-state index < -0.39 is 9.73 Å². The molecule has 0 rings (SSSR count). The molecule has 0 spiro atoms. The maximum Gasteiger partial charge on any atom is 0.352 e. The molecule has 14 heavy (non-hydrogen) atoms. The number of carbonyl (C=O) groups is 1. The van der Waals surface area contributed by atoms with Crippen molar-refractivity contribution >= 4 is 15.8 Å². The summed E-state index contributed by atoms with van der Waals surface area (Å²) >= 11 is 0. The molecule has 0 atom stereocenters. The maximum atomic E-state index is 11.6. The third kappa shape index (κ3) is 4.60. The Labute approximate surface area is 86.9 Å². The standard InChI is InChI=1S/C9H20N2O2S/c1-7(2)11(8(3)4)9(12)10-14(5,6)13/h7-8H,1-6H3. The summed E-state index contributed by atoms with van der Waals surface area (Å²) < 4.78 is 15.0. The van der Waals surface area contributed by atoms with Gasteiger partial charge in [-0.15, -0.1) is 4.36 Å². The first-order valence-electron chi connectivity index (χ1n) is 4.64. The van der Waals surface area contributed by atoms with E-state index in [1.807, 2.05) is 27.7 Å². The Bertz CT molecular complexity index is 299. The largest absolute Gasteiger partial charge is 0.352 e. The fraction of sp³-hybridized carbons (Fsp3) is 0.889. The van der Waals surface area contributed by atoms with Gasteiger partial charge in [0.2, 0.25) is 0 Å². The van der Waals surface area contributed by atoms with Crippen molar-refractivity contribution in [3.63, 3.8) is 0 Å². The highest BCUT2D eigenvalue weighted by Crippen LogP contribution is 2.08. The summed E-state index contributed by atoms with van der Waals surface area (Å²) in [7, 11) is -2.35. The summed E-state index contributed by atoms with van der Waals surface area (Å²) in [5.74, 6) is 0. The molecule has 0 saturated heterocycles. The predicted molar refractivity (Wildman–Crippen MR) is 59.9 cm³/mol. The molecule has 0 heterocycles. The SMILES string of the molecule is CC(C)N(C(=O)N=S(C)(C)=O)C(C)C. The van der Waals surface area contributed by atoms with Crippen molar-refractivity contribution in [2.45, 2.75) is 39.8 Å². The minimum atomic E-state index is -2.35. The van der Waals surface area contributed by atoms with Crippen LogP contribution in [0.5, 0.6) is 0 Å². The van der Waals surface area contributed by atoms with E-state index in [4.69, 9.17) is 0 Å². The van der Waals surface area contributed by atoms with E-state index in [0.29, 0.717) is 0 Å². The van der Waals surface area contributed by atoms with Crippen LogP contribution in [-0.4, -0.2) is 39.7 Å². The Morgan fingerprint density at radius 2 is 1.50 bits per heavy atom. The first kappa shape index (κ1) is 13.4. The highest BCUT2D eigenvalue weighted by atomic mass is 32.2. The second-order valence-corrected chi connectivity index (χ2v) is 6.69. The molecule has 0 aliphatic heterocycles. The number of rotatable bonds is 2. The van der Waals surface area contributed by atoms with Crippen LogP contribution >= 0.6 is 0 Å². The Hall–Kier alpha value is -0.580. The number of hydrogen-bond acceptors (Lipinski definition) is 2. The Morgan fingerprint density at radius 1 is 1.14 bits per heavy atom. The van der Waals surface area contributed by atoms with Gasteiger partial charge in [0.05, 0.1) is 9.73 Å². The van der Waals surface area contributed by atoms with E-state index in [1.54, 1.807) is 4.90 Å². The Kier molecular flexibility index (Phi) is 4.58. The average molecular weight is 220 g/mol. The van der Waals surface area contributed by atoms with Gasteiger partial charge in [0.25, 0.3) is 0 Å². The van der Waals surface area contributed by atoms with Gasteiger partial charge >= 0.3 is 6.03 Å². The Balaban J connectivity index is 4.90. The van der Waals surface area contributed by atoms with E-state index in [0.717, 1.165) is 0 Å². The highest BCUT2D eigenvalue weighted by molar-refractivity contribution is 7.92. The van der Waals surface area contributed by atoms with E-state index in [-0.39, 0.29) is 18.1 Å². The Morgan fingerprint density at radius 3 is 1.71 bits per heavy atom. The van der Waals surface area contributed by atoms with Gasteiger partial charge in [0, 0.05) is 24.6 Å². The molecule has 0 bridgehead atoms. The van der Waals surface area contributed by atoms with Crippen molar-refractivity contribution in [1.82, 2.24) is 4.90 Å². The van der Waals surface area contributed by atoms with E-state index in [9.17, 15) is 9.00 Å². The van der Waals surface area contributed by atoms with Crippen LogP contribution in [0, 0.1) is 0 Å². The first-order chi connectivity index (χ1) is 6.15. The van der Waals surface area contributed by atoms with Crippen molar-refractivity contribution in [2.24, 2.45) is 4.36 Å². The molecule has 0 aliphatic carbocycles. The fourth-order valence-corrected chi connectivity index (χ4v) is 1.74. The third-order valence-electron chi connectivity index (χ3n) is 1.63. The lowest BCUT2D eigenvalue weighted by molar-refractivity contribution is 0.175. The van der Waals surface area contributed by atoms with Crippen LogP contribution in [0.4, 0.5) is 4.79 Å². The minimum Gasteiger partial charge on any atom is -0.318 e. The third-order valence-corrected chi connectivity index (χ3v) is 2.23. The number of hydrogen-bond donors (Lipinski definition) is 0. The zero-order valence-corrected chi connectivity index (χ0v) is 10.6. The van der Waals surface area contributed by atoms with E-state index >= 15 is 0 Å². The minimum absolute atomic E-state index is 0.0769. The monoisotopic (exact) mass is 220 g/mol. The number of carbonyl (C=O) groups excluding carboxylic acids is 1. The van der Waals surface area contributed by atoms with Crippen LogP contribution in [0.1, 0.15) is 27.7 Å². The summed E-state index contributed by atoms with van der Waals surface area (Å²) in [4.78, 5) is 13.2. The van der Waals surface area contributed by atoms with E-state index in [1.165, 1.54) is 12.5 Å². The molecule has 0 radical (unpaired) electrons. The van der Waals surface area contributed by atoms with Gasteiger partial charge in [0.1, 0.15) is 0 Å². The van der Waals surface area contributed by atoms with Gasteiger partial charge in [0.15, 0.2) is 0 Å². The average Bonchev–Trinajstić information content (AvgIpc) is 1.78. The summed E-state index contributed by atoms with van der Waals surface area (Å²) in [6, 6.07) is -0.231. The molecule has 5 heteroatoms. The normalized spacial score (nSPS) is 12.0. The second-order valence-electron chi connectivity index (χ2n) is 4.15. The molecule has 2 amide bonds. The molecule has 0 aromatic carbocycles. The van der Waals surface area contributed by atoms with Crippen molar-refractivity contribution in [3.8, 4) is 0 Å². The van der Waals surface area contributed by atoms with Crippen LogP contribution in [0.15, 0.2) is 4.36 Å². The molecule has 0 aromatic heterocycles. The van der Waals surface area contributed by atoms with Crippen LogP contribution in [0.2, 0.25) is 0 Å². The van der Waals surface area contributed by atoms with Crippen LogP contribution in [0.25, 0.3) is 0 Å². The molecule has 0 saturated carbocycles. The second kappa shape index (κ2) is 4.77. The van der Waals surface area contributed by atoms with Crippen molar-refractivity contribution in [1.29, 1.82) is 0 Å². The van der Waals surface area contributed by atoms with Gasteiger partial charge < -0.3 is 4.90 Å². The molecular weight excluding hydrogens is 200 g/mol. The van der Waals surface area contributed by atoms with Crippen molar-refractivity contribution < 1.29 is 9.00 Å². The van der Waals surface area contributed by atoms with Crippen LogP contribution in [0.3, 0.4) is 0 Å². The zero-order valence-electron chi connectivity index (χ0n) is 9.77. The van der Waals surface area contributed by atoms with Crippen molar-refractivity contribution in [3.05, 3.63) is 0 Å². The summed E-state index contributed by atoms with van der Waals surface area (Å²) in [6.45, 7) is 7.67. The summed E-state index contributed by atoms with van der Waals surface area (Å²) in [5.41, 5.74) is 0. The molecule has 0 aliphatic rings. The number of nitrogens with zero attached hydrogens (tertiary/aromatic N) is 2. The lowest BCUT2D eigenvalue weighted by Crippen LogP contribution is -2.40. The molecule has 0 fully saturated rings. The molecule has 84 valence electrons. The topological polar surface area (TPSA) is 49.7 Å². The summed E-state index contributed by atoms with van der Waals surface area (Å²) in [5, 5.41) is 0. The molecular formula is C9H20N2O2S. The van der Waals surface area contributed by atoms with Gasteiger partial charge in [-0.2, -0.15) is 0 Å². The smallest absolute Gasteiger partial charge is 0.318 e. The van der Waals surface area contributed by atoms with Gasteiger partial charge in [-0.3, -0.25) is 0 Å². The van der Waals surface area contributed by atoms with Crippen molar-refractivity contribution in [2.75, 3.05) is 12.5 Å². The highest BCUT2D eigenvalue weighted by Gasteiger charge is 2.19.